The van der Waals surface area contributed by atoms with Crippen LogP contribution >= 0.6 is 50.1 Å². The van der Waals surface area contributed by atoms with Crippen molar-refractivity contribution in [2.45, 2.75) is 44.9 Å². The molecule has 0 aliphatic heterocycles. The van der Waals surface area contributed by atoms with Crippen LogP contribution in [0, 0.1) is 3.57 Å². The number of methoxy groups -OCH3 is 1. The Kier molecular flexibility index (Phi) is 10.9. The van der Waals surface area contributed by atoms with Crippen LogP contribution in [-0.2, 0) is 22.2 Å². The molecule has 4 rings (SSSR count). The van der Waals surface area contributed by atoms with Gasteiger partial charge in [-0.1, -0.05) is 115 Å². The summed E-state index contributed by atoms with van der Waals surface area (Å²) in [7, 11) is -1.10. The lowest BCUT2D eigenvalue weighted by molar-refractivity contribution is 0.00701. The van der Waals surface area contributed by atoms with Gasteiger partial charge >= 0.3 is 0 Å². The first-order valence-electron chi connectivity index (χ1n) is 13.1. The van der Waals surface area contributed by atoms with Gasteiger partial charge < -0.3 is 13.9 Å². The molecule has 0 radical (unpaired) electrons. The average molecular weight is 751 g/mol. The van der Waals surface area contributed by atoms with E-state index in [1.165, 1.54) is 10.4 Å². The molecule has 0 amide bonds. The molecule has 0 N–H and O–H groups in total. The molecule has 8 heteroatoms. The molecule has 4 aromatic rings. The van der Waals surface area contributed by atoms with Crippen molar-refractivity contribution in [2.75, 3.05) is 13.7 Å². The Morgan fingerprint density at radius 1 is 0.925 bits per heavy atom. The van der Waals surface area contributed by atoms with Crippen LogP contribution in [0.15, 0.2) is 95.6 Å². The van der Waals surface area contributed by atoms with Crippen LogP contribution in [-0.4, -0.2) is 33.1 Å². The largest absolute Gasteiger partial charge is 0.481 e. The third-order valence-electron chi connectivity index (χ3n) is 6.95. The van der Waals surface area contributed by atoms with E-state index in [0.717, 1.165) is 19.2 Å². The van der Waals surface area contributed by atoms with Gasteiger partial charge in [-0.2, -0.15) is 0 Å². The zero-order chi connectivity index (χ0) is 28.8. The summed E-state index contributed by atoms with van der Waals surface area (Å²) < 4.78 is 21.1. The minimum absolute atomic E-state index is 0.129. The van der Waals surface area contributed by atoms with Gasteiger partial charge in [0.1, 0.15) is 0 Å². The topological polar surface area (TPSA) is 40.6 Å². The van der Waals surface area contributed by atoms with E-state index in [9.17, 15) is 0 Å². The number of hydrogen-bond acceptors (Lipinski definition) is 4. The van der Waals surface area contributed by atoms with Crippen LogP contribution in [0.4, 0.5) is 0 Å². The summed E-state index contributed by atoms with van der Waals surface area (Å²) in [6.07, 6.45) is 2.27. The Morgan fingerprint density at radius 2 is 1.55 bits per heavy atom. The van der Waals surface area contributed by atoms with Crippen LogP contribution in [0.3, 0.4) is 0 Å². The Balaban J connectivity index is 1.69. The van der Waals surface area contributed by atoms with Gasteiger partial charge in [0.25, 0.3) is 8.32 Å². The highest BCUT2D eigenvalue weighted by Crippen LogP contribution is 2.37. The van der Waals surface area contributed by atoms with Crippen LogP contribution in [0.2, 0.25) is 10.1 Å². The first-order valence-corrected chi connectivity index (χ1v) is 17.3. The van der Waals surface area contributed by atoms with E-state index in [2.05, 4.69) is 125 Å². The van der Waals surface area contributed by atoms with Gasteiger partial charge in [0, 0.05) is 37.3 Å². The van der Waals surface area contributed by atoms with Crippen molar-refractivity contribution in [1.29, 1.82) is 0 Å². The number of aromatic nitrogens is 1. The van der Waals surface area contributed by atoms with E-state index in [0.29, 0.717) is 30.5 Å². The summed E-state index contributed by atoms with van der Waals surface area (Å²) in [6.45, 7) is 7.71. The number of nitrogens with zero attached hydrogens (tertiary/aromatic N) is 1. The molecule has 1 heterocycles. The van der Waals surface area contributed by atoms with Crippen LogP contribution in [0.1, 0.15) is 31.9 Å². The van der Waals surface area contributed by atoms with Crippen molar-refractivity contribution in [2.24, 2.45) is 0 Å². The summed E-state index contributed by atoms with van der Waals surface area (Å²) in [5.74, 6) is 0.588. The second-order valence-corrected chi connectivity index (χ2v) is 17.4. The zero-order valence-corrected chi connectivity index (χ0v) is 28.7. The zero-order valence-electron chi connectivity index (χ0n) is 23.2. The molecule has 0 saturated heterocycles. The predicted octanol–water partition coefficient (Wildman–Crippen LogP) is 7.82. The van der Waals surface area contributed by atoms with Crippen molar-refractivity contribution in [3.63, 3.8) is 0 Å². The fraction of sp³-hybridized carbons (Fsp3) is 0.281. The van der Waals surface area contributed by atoms with Gasteiger partial charge in [0.15, 0.2) is 0 Å². The molecular weight excluding hydrogens is 717 g/mol. The molecule has 1 aromatic heterocycles. The van der Waals surface area contributed by atoms with E-state index < -0.39 is 8.32 Å². The molecule has 4 nitrogen and oxygen atoms in total. The van der Waals surface area contributed by atoms with Gasteiger partial charge in [-0.25, -0.2) is 4.98 Å². The van der Waals surface area contributed by atoms with Crippen molar-refractivity contribution >= 4 is 68.8 Å². The van der Waals surface area contributed by atoms with Crippen molar-refractivity contribution < 1.29 is 13.9 Å². The molecule has 0 aliphatic carbocycles. The molecule has 210 valence electrons. The van der Waals surface area contributed by atoms with Gasteiger partial charge in [-0.3, -0.25) is 0 Å². The van der Waals surface area contributed by atoms with E-state index in [1.54, 1.807) is 7.11 Å². The second kappa shape index (κ2) is 13.9. The Hall–Kier alpha value is -1.75. The fourth-order valence-corrected chi connectivity index (χ4v) is 10.9. The fourth-order valence-electron chi connectivity index (χ4n) is 4.95. The molecule has 0 saturated carbocycles. The second-order valence-electron chi connectivity index (χ2n) is 10.7. The lowest BCUT2D eigenvalue weighted by Gasteiger charge is -2.43. The van der Waals surface area contributed by atoms with Gasteiger partial charge in [-0.05, 0) is 55.7 Å². The number of benzene rings is 3. The highest BCUT2D eigenvalue weighted by atomic mass is 127. The molecule has 0 aliphatic rings. The van der Waals surface area contributed by atoms with Crippen molar-refractivity contribution in [3.8, 4) is 5.88 Å². The van der Waals surface area contributed by atoms with Crippen LogP contribution in [0.25, 0.3) is 0 Å². The van der Waals surface area contributed by atoms with Crippen molar-refractivity contribution in [1.82, 2.24) is 4.98 Å². The third-order valence-corrected chi connectivity index (χ3v) is 13.9. The standard InChI is InChI=1S/C32H34BrClINO3Si/c1-32(2,3)40(27-11-7-5-8-12-27,28-13-9-6-10-14-28)39-22-26(17-23-15-16-25(34)18-29(23)33)38-21-24-20-36-31(37-4)19-30(24)35/h5-16,18-20,26H,17,21-22H2,1-4H3. The molecule has 40 heavy (non-hydrogen) atoms. The van der Waals surface area contributed by atoms with E-state index >= 15 is 0 Å². The van der Waals surface area contributed by atoms with Gasteiger partial charge in [0.05, 0.1) is 26.4 Å². The first-order chi connectivity index (χ1) is 19.1. The van der Waals surface area contributed by atoms with Gasteiger partial charge in [0.2, 0.25) is 5.88 Å². The summed E-state index contributed by atoms with van der Waals surface area (Å²) >= 11 is 12.2. The summed E-state index contributed by atoms with van der Waals surface area (Å²) in [6, 6.07) is 29.2. The first kappa shape index (κ1) is 31.2. The van der Waals surface area contributed by atoms with Gasteiger partial charge in [-0.15, -0.1) is 0 Å². The molecule has 1 atom stereocenters. The Morgan fingerprint density at radius 3 is 2.08 bits per heavy atom. The maximum absolute atomic E-state index is 7.25. The smallest absolute Gasteiger partial charge is 0.261 e. The average Bonchev–Trinajstić information content (AvgIpc) is 2.94. The van der Waals surface area contributed by atoms with Crippen LogP contribution in [0.5, 0.6) is 5.88 Å². The molecule has 0 bridgehead atoms. The predicted molar refractivity (Wildman–Crippen MR) is 179 cm³/mol. The summed E-state index contributed by atoms with van der Waals surface area (Å²) in [5.41, 5.74) is 2.12. The van der Waals surface area contributed by atoms with Crippen LogP contribution < -0.4 is 15.1 Å². The highest BCUT2D eigenvalue weighted by Gasteiger charge is 2.50. The summed E-state index contributed by atoms with van der Waals surface area (Å²) in [4.78, 5) is 4.39. The van der Waals surface area contributed by atoms with Crippen molar-refractivity contribution in [3.05, 3.63) is 115 Å². The third kappa shape index (κ3) is 7.35. The molecule has 0 fully saturated rings. The number of rotatable bonds is 11. The highest BCUT2D eigenvalue weighted by molar-refractivity contribution is 14.1. The minimum Gasteiger partial charge on any atom is -0.481 e. The Labute approximate surface area is 265 Å². The lowest BCUT2D eigenvalue weighted by Crippen LogP contribution is -2.67. The van der Waals surface area contributed by atoms with E-state index in [-0.39, 0.29) is 11.1 Å². The number of pyridine rings is 1. The minimum atomic E-state index is -2.73. The molecule has 3 aromatic carbocycles. The lowest BCUT2D eigenvalue weighted by atomic mass is 10.1. The quantitative estimate of drug-likeness (QED) is 0.116. The van der Waals surface area contributed by atoms with E-state index in [1.807, 2.05) is 30.5 Å². The normalized spacial score (nSPS) is 12.8. The molecule has 1 unspecified atom stereocenters. The summed E-state index contributed by atoms with van der Waals surface area (Å²) in [5, 5.41) is 3.05. The SMILES string of the molecule is COc1cc(I)c(COC(CO[Si](c2ccccc2)(c2ccccc2)C(C)(C)C)Cc2ccc(Cl)cc2Br)cn1. The number of hydrogen-bond donors (Lipinski definition) is 0. The number of halogens is 3. The van der Waals surface area contributed by atoms with E-state index in [4.69, 9.17) is 25.5 Å². The molecule has 0 spiro atoms. The maximum Gasteiger partial charge on any atom is 0.261 e. The Bertz CT molecular complexity index is 1360. The maximum atomic E-state index is 7.25. The monoisotopic (exact) mass is 749 g/mol. The number of ether oxygens (including phenoxy) is 2. The molecular formula is C32H34BrClINO3Si.